The predicted octanol–water partition coefficient (Wildman–Crippen LogP) is 3.01. The Balaban J connectivity index is 2.03. The first-order valence-electron chi connectivity index (χ1n) is 6.85. The molecule has 0 unspecified atom stereocenters. The SMILES string of the molecule is CCCN1CCC(C#N)(Nc2cccc(F)c2)CC1. The highest BCUT2D eigenvalue weighted by Crippen LogP contribution is 2.26. The topological polar surface area (TPSA) is 39.1 Å². The van der Waals surface area contributed by atoms with E-state index >= 15 is 0 Å². The Morgan fingerprint density at radius 1 is 1.42 bits per heavy atom. The van der Waals surface area contributed by atoms with E-state index in [2.05, 4.69) is 23.2 Å². The molecule has 0 bridgehead atoms. The Hall–Kier alpha value is -1.60. The number of nitriles is 1. The maximum Gasteiger partial charge on any atom is 0.127 e. The van der Waals surface area contributed by atoms with Gasteiger partial charge in [-0.15, -0.1) is 0 Å². The van der Waals surface area contributed by atoms with Crippen molar-refractivity contribution in [1.82, 2.24) is 4.90 Å². The number of hydrogen-bond acceptors (Lipinski definition) is 3. The molecule has 0 saturated carbocycles. The van der Waals surface area contributed by atoms with E-state index in [1.54, 1.807) is 12.1 Å². The van der Waals surface area contributed by atoms with Crippen molar-refractivity contribution in [3.63, 3.8) is 0 Å². The molecule has 1 saturated heterocycles. The first-order chi connectivity index (χ1) is 9.17. The molecule has 0 amide bonds. The summed E-state index contributed by atoms with van der Waals surface area (Å²) in [6.45, 7) is 5.09. The van der Waals surface area contributed by atoms with Crippen LogP contribution in [0.15, 0.2) is 24.3 Å². The second kappa shape index (κ2) is 6.03. The van der Waals surface area contributed by atoms with Crippen molar-refractivity contribution >= 4 is 5.69 Å². The van der Waals surface area contributed by atoms with Crippen molar-refractivity contribution in [3.05, 3.63) is 30.1 Å². The van der Waals surface area contributed by atoms with Gasteiger partial charge in [0, 0.05) is 18.8 Å². The van der Waals surface area contributed by atoms with Crippen LogP contribution in [0.2, 0.25) is 0 Å². The molecule has 4 heteroatoms. The fourth-order valence-electron chi connectivity index (χ4n) is 2.58. The molecular weight excluding hydrogens is 241 g/mol. The molecule has 1 fully saturated rings. The average Bonchev–Trinajstić information content (AvgIpc) is 2.42. The van der Waals surface area contributed by atoms with Crippen molar-refractivity contribution in [2.45, 2.75) is 31.7 Å². The minimum absolute atomic E-state index is 0.276. The van der Waals surface area contributed by atoms with E-state index in [1.165, 1.54) is 12.1 Å². The Labute approximate surface area is 114 Å². The predicted molar refractivity (Wildman–Crippen MR) is 74.3 cm³/mol. The average molecular weight is 261 g/mol. The quantitative estimate of drug-likeness (QED) is 0.905. The van der Waals surface area contributed by atoms with Crippen LogP contribution in [0, 0.1) is 17.1 Å². The standard InChI is InChI=1S/C15H20FN3/c1-2-8-19-9-6-15(12-17,7-10-19)18-14-5-3-4-13(16)11-14/h3-5,11,18H,2,6-10H2,1H3. The van der Waals surface area contributed by atoms with Gasteiger partial charge >= 0.3 is 0 Å². The highest BCUT2D eigenvalue weighted by atomic mass is 19.1. The number of halogens is 1. The highest BCUT2D eigenvalue weighted by Gasteiger charge is 2.34. The van der Waals surface area contributed by atoms with Gasteiger partial charge in [0.05, 0.1) is 6.07 Å². The third kappa shape index (κ3) is 3.45. The molecule has 1 N–H and O–H groups in total. The van der Waals surface area contributed by atoms with Gasteiger partial charge < -0.3 is 10.2 Å². The van der Waals surface area contributed by atoms with Crippen molar-refractivity contribution in [3.8, 4) is 6.07 Å². The molecule has 102 valence electrons. The molecule has 1 heterocycles. The van der Waals surface area contributed by atoms with E-state index in [0.717, 1.165) is 38.9 Å². The maximum absolute atomic E-state index is 13.2. The van der Waals surface area contributed by atoms with E-state index in [9.17, 15) is 9.65 Å². The maximum atomic E-state index is 13.2. The molecule has 0 aliphatic carbocycles. The van der Waals surface area contributed by atoms with Crippen LogP contribution in [-0.2, 0) is 0 Å². The summed E-state index contributed by atoms with van der Waals surface area (Å²) >= 11 is 0. The molecule has 2 rings (SSSR count). The zero-order valence-electron chi connectivity index (χ0n) is 11.3. The van der Waals surface area contributed by atoms with Crippen LogP contribution < -0.4 is 5.32 Å². The van der Waals surface area contributed by atoms with Crippen LogP contribution >= 0.6 is 0 Å². The summed E-state index contributed by atoms with van der Waals surface area (Å²) in [5.74, 6) is -0.276. The van der Waals surface area contributed by atoms with E-state index in [1.807, 2.05) is 0 Å². The van der Waals surface area contributed by atoms with Gasteiger partial charge in [-0.25, -0.2) is 4.39 Å². The molecule has 19 heavy (non-hydrogen) atoms. The molecule has 0 aromatic heterocycles. The Morgan fingerprint density at radius 2 is 2.16 bits per heavy atom. The van der Waals surface area contributed by atoms with E-state index in [4.69, 9.17) is 0 Å². The highest BCUT2D eigenvalue weighted by molar-refractivity contribution is 5.48. The van der Waals surface area contributed by atoms with Crippen molar-refractivity contribution in [2.24, 2.45) is 0 Å². The van der Waals surface area contributed by atoms with E-state index in [-0.39, 0.29) is 5.82 Å². The number of hydrogen-bond donors (Lipinski definition) is 1. The fourth-order valence-corrected chi connectivity index (χ4v) is 2.58. The normalized spacial score (nSPS) is 18.8. The smallest absolute Gasteiger partial charge is 0.127 e. The third-order valence-corrected chi connectivity index (χ3v) is 3.67. The number of likely N-dealkylation sites (tertiary alicyclic amines) is 1. The molecule has 1 aromatic carbocycles. The molecule has 1 aliphatic heterocycles. The molecule has 3 nitrogen and oxygen atoms in total. The first-order valence-corrected chi connectivity index (χ1v) is 6.85. The van der Waals surface area contributed by atoms with Crippen LogP contribution in [0.5, 0.6) is 0 Å². The lowest BCUT2D eigenvalue weighted by atomic mass is 9.88. The van der Waals surface area contributed by atoms with Gasteiger partial charge in [-0.3, -0.25) is 0 Å². The summed E-state index contributed by atoms with van der Waals surface area (Å²) in [5.41, 5.74) is 0.128. The zero-order chi connectivity index (χ0) is 13.7. The van der Waals surface area contributed by atoms with Crippen LogP contribution in [0.25, 0.3) is 0 Å². The zero-order valence-corrected chi connectivity index (χ0v) is 11.3. The van der Waals surface area contributed by atoms with Gasteiger partial charge in [0.25, 0.3) is 0 Å². The number of benzene rings is 1. The number of piperidine rings is 1. The van der Waals surface area contributed by atoms with Gasteiger partial charge in [0.15, 0.2) is 0 Å². The first kappa shape index (κ1) is 13.8. The van der Waals surface area contributed by atoms with Gasteiger partial charge in [0.1, 0.15) is 11.4 Å². The van der Waals surface area contributed by atoms with Crippen LogP contribution in [0.3, 0.4) is 0 Å². The molecule has 0 radical (unpaired) electrons. The van der Waals surface area contributed by atoms with Crippen molar-refractivity contribution in [2.75, 3.05) is 25.0 Å². The van der Waals surface area contributed by atoms with Gasteiger partial charge in [-0.05, 0) is 44.0 Å². The fraction of sp³-hybridized carbons (Fsp3) is 0.533. The molecular formula is C15H20FN3. The van der Waals surface area contributed by atoms with E-state index in [0.29, 0.717) is 5.69 Å². The molecule has 0 spiro atoms. The van der Waals surface area contributed by atoms with Crippen LogP contribution in [-0.4, -0.2) is 30.1 Å². The number of nitrogens with one attached hydrogen (secondary N) is 1. The second-order valence-electron chi connectivity index (χ2n) is 5.17. The van der Waals surface area contributed by atoms with Crippen LogP contribution in [0.1, 0.15) is 26.2 Å². The summed E-state index contributed by atoms with van der Waals surface area (Å²) in [4.78, 5) is 2.38. The summed E-state index contributed by atoms with van der Waals surface area (Å²) in [6, 6.07) is 8.71. The minimum Gasteiger partial charge on any atom is -0.367 e. The Bertz CT molecular complexity index is 459. The summed E-state index contributed by atoms with van der Waals surface area (Å²) < 4.78 is 13.2. The summed E-state index contributed by atoms with van der Waals surface area (Å²) in [6.07, 6.45) is 2.69. The Kier molecular flexibility index (Phi) is 4.39. The van der Waals surface area contributed by atoms with Gasteiger partial charge in [0.2, 0.25) is 0 Å². The van der Waals surface area contributed by atoms with Gasteiger partial charge in [-0.2, -0.15) is 5.26 Å². The van der Waals surface area contributed by atoms with Crippen molar-refractivity contribution < 1.29 is 4.39 Å². The minimum atomic E-state index is -0.558. The largest absolute Gasteiger partial charge is 0.367 e. The summed E-state index contributed by atoms with van der Waals surface area (Å²) in [7, 11) is 0. The molecule has 1 aromatic rings. The van der Waals surface area contributed by atoms with Crippen molar-refractivity contribution in [1.29, 1.82) is 5.26 Å². The summed E-state index contributed by atoms with van der Waals surface area (Å²) in [5, 5.41) is 12.7. The van der Waals surface area contributed by atoms with E-state index < -0.39 is 5.54 Å². The lowest BCUT2D eigenvalue weighted by molar-refractivity contribution is 0.197. The second-order valence-corrected chi connectivity index (χ2v) is 5.17. The number of nitrogens with zero attached hydrogens (tertiary/aromatic N) is 2. The number of anilines is 1. The molecule has 0 atom stereocenters. The molecule has 1 aliphatic rings. The number of rotatable bonds is 4. The monoisotopic (exact) mass is 261 g/mol. The van der Waals surface area contributed by atoms with Crippen LogP contribution in [0.4, 0.5) is 10.1 Å². The lowest BCUT2D eigenvalue weighted by Gasteiger charge is -2.38. The lowest BCUT2D eigenvalue weighted by Crippen LogP contribution is -2.48. The third-order valence-electron chi connectivity index (χ3n) is 3.67. The Morgan fingerprint density at radius 3 is 2.74 bits per heavy atom. The van der Waals surface area contributed by atoms with Gasteiger partial charge in [-0.1, -0.05) is 13.0 Å².